The van der Waals surface area contributed by atoms with Gasteiger partial charge < -0.3 is 15.1 Å². The summed E-state index contributed by atoms with van der Waals surface area (Å²) in [4.78, 5) is 21.0. The zero-order chi connectivity index (χ0) is 14.7. The van der Waals surface area contributed by atoms with Crippen LogP contribution in [0.3, 0.4) is 0 Å². The summed E-state index contributed by atoms with van der Waals surface area (Å²) in [7, 11) is 0. The van der Waals surface area contributed by atoms with Gasteiger partial charge in [-0.25, -0.2) is 4.98 Å². The lowest BCUT2D eigenvalue weighted by Crippen LogP contribution is -2.49. The molecule has 1 aromatic rings. The molecule has 1 amide bonds. The highest BCUT2D eigenvalue weighted by Gasteiger charge is 2.25. The number of pyridine rings is 1. The average molecular weight is 426 g/mol. The van der Waals surface area contributed by atoms with E-state index in [2.05, 4.69) is 31.1 Å². The number of rotatable bonds is 3. The number of hydrogen-bond donors (Lipinski definition) is 1. The molecular weight excluding hydrogens is 403 g/mol. The fourth-order valence-electron chi connectivity index (χ4n) is 3.00. The minimum absolute atomic E-state index is 0. The standard InChI is InChI=1S/C15H21BrN4O.2ClH/c16-13-1-2-14(18-11-13)19-5-7-20(8-6-19)15(21)9-12-3-4-17-10-12;;/h1-2,11-12,17H,3-10H2;2*1H. The molecule has 0 bridgehead atoms. The second kappa shape index (κ2) is 9.67. The van der Waals surface area contributed by atoms with Crippen LogP contribution >= 0.6 is 40.7 Å². The first-order valence-electron chi connectivity index (χ1n) is 7.57. The van der Waals surface area contributed by atoms with E-state index >= 15 is 0 Å². The first-order chi connectivity index (χ1) is 10.2. The minimum Gasteiger partial charge on any atom is -0.353 e. The van der Waals surface area contributed by atoms with E-state index in [1.54, 1.807) is 0 Å². The van der Waals surface area contributed by atoms with Gasteiger partial charge in [-0.3, -0.25) is 4.79 Å². The van der Waals surface area contributed by atoms with Crippen LogP contribution in [0.2, 0.25) is 0 Å². The van der Waals surface area contributed by atoms with Crippen LogP contribution in [0.5, 0.6) is 0 Å². The van der Waals surface area contributed by atoms with E-state index in [-0.39, 0.29) is 24.8 Å². The Labute approximate surface area is 158 Å². The number of aromatic nitrogens is 1. The number of carbonyl (C=O) groups is 1. The molecule has 0 spiro atoms. The van der Waals surface area contributed by atoms with E-state index in [0.29, 0.717) is 18.2 Å². The van der Waals surface area contributed by atoms with Gasteiger partial charge in [0.25, 0.3) is 0 Å². The number of carbonyl (C=O) groups excluding carboxylic acids is 1. The topological polar surface area (TPSA) is 48.5 Å². The summed E-state index contributed by atoms with van der Waals surface area (Å²) in [6.07, 6.45) is 3.65. The molecule has 2 saturated heterocycles. The lowest BCUT2D eigenvalue weighted by molar-refractivity contribution is -0.132. The molecule has 0 saturated carbocycles. The van der Waals surface area contributed by atoms with Crippen molar-refractivity contribution >= 4 is 52.5 Å². The van der Waals surface area contributed by atoms with E-state index in [1.165, 1.54) is 0 Å². The normalized spacial score (nSPS) is 20.7. The summed E-state index contributed by atoms with van der Waals surface area (Å²) in [5.74, 6) is 1.83. The lowest BCUT2D eigenvalue weighted by Gasteiger charge is -2.35. The highest BCUT2D eigenvalue weighted by atomic mass is 79.9. The molecule has 1 N–H and O–H groups in total. The van der Waals surface area contributed by atoms with Crippen LogP contribution in [0.1, 0.15) is 12.8 Å². The number of hydrogen-bond acceptors (Lipinski definition) is 4. The third kappa shape index (κ3) is 5.48. The van der Waals surface area contributed by atoms with Crippen molar-refractivity contribution in [2.24, 2.45) is 5.92 Å². The molecule has 0 aliphatic carbocycles. The average Bonchev–Trinajstić information content (AvgIpc) is 3.01. The van der Waals surface area contributed by atoms with Gasteiger partial charge in [-0.2, -0.15) is 0 Å². The van der Waals surface area contributed by atoms with Gasteiger partial charge in [-0.15, -0.1) is 24.8 Å². The van der Waals surface area contributed by atoms with Crippen LogP contribution in [-0.2, 0) is 4.79 Å². The first kappa shape index (κ1) is 20.5. The summed E-state index contributed by atoms with van der Waals surface area (Å²) in [5.41, 5.74) is 0. The Morgan fingerprint density at radius 2 is 2.00 bits per heavy atom. The summed E-state index contributed by atoms with van der Waals surface area (Å²) in [6, 6.07) is 4.03. The van der Waals surface area contributed by atoms with Crippen molar-refractivity contribution in [1.82, 2.24) is 15.2 Å². The van der Waals surface area contributed by atoms with Gasteiger partial charge in [0, 0.05) is 43.3 Å². The zero-order valence-corrected chi connectivity index (χ0v) is 16.1. The molecule has 1 unspecified atom stereocenters. The van der Waals surface area contributed by atoms with Gasteiger partial charge in [0.1, 0.15) is 5.82 Å². The summed E-state index contributed by atoms with van der Waals surface area (Å²) >= 11 is 3.40. The Kier molecular flexibility index (Phi) is 8.61. The van der Waals surface area contributed by atoms with E-state index in [0.717, 1.165) is 56.0 Å². The Morgan fingerprint density at radius 3 is 2.57 bits per heavy atom. The van der Waals surface area contributed by atoms with Crippen LogP contribution in [0.15, 0.2) is 22.8 Å². The number of nitrogens with one attached hydrogen (secondary N) is 1. The van der Waals surface area contributed by atoms with E-state index in [9.17, 15) is 4.79 Å². The monoisotopic (exact) mass is 424 g/mol. The van der Waals surface area contributed by atoms with E-state index < -0.39 is 0 Å². The minimum atomic E-state index is 0. The van der Waals surface area contributed by atoms with Crippen molar-refractivity contribution in [2.75, 3.05) is 44.2 Å². The summed E-state index contributed by atoms with van der Waals surface area (Å²) < 4.78 is 0.991. The molecule has 3 rings (SSSR count). The van der Waals surface area contributed by atoms with Gasteiger partial charge in [0.15, 0.2) is 0 Å². The van der Waals surface area contributed by atoms with Gasteiger partial charge >= 0.3 is 0 Å². The number of halogens is 3. The number of nitrogens with zero attached hydrogens (tertiary/aromatic N) is 3. The van der Waals surface area contributed by atoms with E-state index in [4.69, 9.17) is 0 Å². The molecule has 1 aromatic heterocycles. The van der Waals surface area contributed by atoms with Crippen molar-refractivity contribution in [3.05, 3.63) is 22.8 Å². The number of anilines is 1. The highest BCUT2D eigenvalue weighted by molar-refractivity contribution is 9.10. The third-order valence-electron chi connectivity index (χ3n) is 4.29. The Hall–Kier alpha value is -0.560. The predicted molar refractivity (Wildman–Crippen MR) is 101 cm³/mol. The molecular formula is C15H23BrCl2N4O. The van der Waals surface area contributed by atoms with Crippen molar-refractivity contribution in [3.63, 3.8) is 0 Å². The maximum Gasteiger partial charge on any atom is 0.223 e. The first-order valence-corrected chi connectivity index (χ1v) is 8.36. The second-order valence-electron chi connectivity index (χ2n) is 5.77. The molecule has 5 nitrogen and oxygen atoms in total. The molecule has 3 heterocycles. The predicted octanol–water partition coefficient (Wildman–Crippen LogP) is 2.34. The van der Waals surface area contributed by atoms with Crippen LogP contribution in [0.4, 0.5) is 5.82 Å². The fraction of sp³-hybridized carbons (Fsp3) is 0.600. The highest BCUT2D eigenvalue weighted by Crippen LogP contribution is 2.18. The van der Waals surface area contributed by atoms with Crippen LogP contribution in [0, 0.1) is 5.92 Å². The maximum absolute atomic E-state index is 12.3. The van der Waals surface area contributed by atoms with Crippen LogP contribution in [-0.4, -0.2) is 55.1 Å². The van der Waals surface area contributed by atoms with E-state index in [1.807, 2.05) is 23.2 Å². The number of piperazine rings is 1. The molecule has 0 radical (unpaired) electrons. The van der Waals surface area contributed by atoms with Crippen molar-refractivity contribution in [3.8, 4) is 0 Å². The van der Waals surface area contributed by atoms with Crippen molar-refractivity contribution < 1.29 is 4.79 Å². The molecule has 23 heavy (non-hydrogen) atoms. The molecule has 2 fully saturated rings. The molecule has 8 heteroatoms. The van der Waals surface area contributed by atoms with Crippen molar-refractivity contribution in [2.45, 2.75) is 12.8 Å². The molecule has 0 aromatic carbocycles. The van der Waals surface area contributed by atoms with Gasteiger partial charge in [-0.05, 0) is 53.5 Å². The third-order valence-corrected chi connectivity index (χ3v) is 4.76. The quantitative estimate of drug-likeness (QED) is 0.807. The maximum atomic E-state index is 12.3. The van der Waals surface area contributed by atoms with Crippen LogP contribution in [0.25, 0.3) is 0 Å². The molecule has 130 valence electrons. The van der Waals surface area contributed by atoms with Gasteiger partial charge in [0.05, 0.1) is 0 Å². The number of amides is 1. The fourth-order valence-corrected chi connectivity index (χ4v) is 3.24. The van der Waals surface area contributed by atoms with Gasteiger partial charge in [0.2, 0.25) is 5.91 Å². The molecule has 2 aliphatic rings. The molecule has 1 atom stereocenters. The second-order valence-corrected chi connectivity index (χ2v) is 6.68. The Balaban J connectivity index is 0.00000132. The Bertz CT molecular complexity index is 489. The SMILES string of the molecule is Cl.Cl.O=C(CC1CCNC1)N1CCN(c2ccc(Br)cn2)CC1. The summed E-state index contributed by atoms with van der Waals surface area (Å²) in [6.45, 7) is 5.38. The van der Waals surface area contributed by atoms with Crippen LogP contribution < -0.4 is 10.2 Å². The van der Waals surface area contributed by atoms with Gasteiger partial charge in [-0.1, -0.05) is 0 Å². The molecule has 2 aliphatic heterocycles. The largest absolute Gasteiger partial charge is 0.353 e. The lowest BCUT2D eigenvalue weighted by atomic mass is 10.0. The smallest absolute Gasteiger partial charge is 0.223 e. The Morgan fingerprint density at radius 1 is 1.26 bits per heavy atom. The summed E-state index contributed by atoms with van der Waals surface area (Å²) in [5, 5.41) is 3.32. The zero-order valence-electron chi connectivity index (χ0n) is 12.9. The van der Waals surface area contributed by atoms with Crippen molar-refractivity contribution in [1.29, 1.82) is 0 Å².